The molecule has 17 heavy (non-hydrogen) atoms. The van der Waals surface area contributed by atoms with Crippen molar-refractivity contribution in [2.45, 2.75) is 37.8 Å². The Bertz CT molecular complexity index is 248. The van der Waals surface area contributed by atoms with E-state index < -0.39 is 0 Å². The van der Waals surface area contributed by atoms with Gasteiger partial charge in [-0.1, -0.05) is 0 Å². The number of nitrogens with one attached hydrogen (secondary N) is 2. The van der Waals surface area contributed by atoms with E-state index in [-0.39, 0.29) is 0 Å². The van der Waals surface area contributed by atoms with Crippen molar-refractivity contribution in [3.63, 3.8) is 0 Å². The van der Waals surface area contributed by atoms with Gasteiger partial charge in [-0.2, -0.15) is 0 Å². The first-order chi connectivity index (χ1) is 8.24. The Morgan fingerprint density at radius 3 is 2.76 bits per heavy atom. The number of thiocarbonyl (C=S) groups is 1. The molecule has 0 saturated carbocycles. The fraction of sp³-hybridized carbons (Fsp3) is 0.917. The average Bonchev–Trinajstić information content (AvgIpc) is 2.83. The van der Waals surface area contributed by atoms with Gasteiger partial charge in [0.1, 0.15) is 0 Å². The minimum atomic E-state index is 0.354. The fourth-order valence-corrected chi connectivity index (χ4v) is 2.65. The van der Waals surface area contributed by atoms with E-state index in [0.29, 0.717) is 12.1 Å². The van der Waals surface area contributed by atoms with E-state index in [4.69, 9.17) is 17.0 Å². The van der Waals surface area contributed by atoms with Crippen molar-refractivity contribution in [1.82, 2.24) is 15.5 Å². The van der Waals surface area contributed by atoms with Crippen LogP contribution in [0.4, 0.5) is 0 Å². The molecule has 0 aromatic carbocycles. The van der Waals surface area contributed by atoms with Crippen molar-refractivity contribution >= 4 is 17.3 Å². The Kier molecular flexibility index (Phi) is 5.00. The van der Waals surface area contributed by atoms with Gasteiger partial charge in [0, 0.05) is 19.2 Å². The lowest BCUT2D eigenvalue weighted by molar-refractivity contribution is 0.114. The third-order valence-electron chi connectivity index (χ3n) is 3.57. The predicted molar refractivity (Wildman–Crippen MR) is 73.2 cm³/mol. The highest BCUT2D eigenvalue weighted by Gasteiger charge is 2.18. The third-order valence-corrected chi connectivity index (χ3v) is 3.83. The summed E-state index contributed by atoms with van der Waals surface area (Å²) in [4.78, 5) is 2.36. The van der Waals surface area contributed by atoms with Crippen LogP contribution < -0.4 is 10.6 Å². The lowest BCUT2D eigenvalue weighted by Crippen LogP contribution is -2.48. The number of ether oxygens (including phenoxy) is 1. The third kappa shape index (κ3) is 4.41. The maximum atomic E-state index is 5.55. The molecule has 5 heteroatoms. The maximum absolute atomic E-state index is 5.55. The van der Waals surface area contributed by atoms with Gasteiger partial charge in [0.25, 0.3) is 0 Å². The number of likely N-dealkylation sites (tertiary alicyclic amines) is 1. The van der Waals surface area contributed by atoms with Gasteiger partial charge in [-0.05, 0) is 58.0 Å². The highest BCUT2D eigenvalue weighted by molar-refractivity contribution is 7.80. The summed E-state index contributed by atoms with van der Waals surface area (Å²) in [6.07, 6.45) is 5.05. The highest BCUT2D eigenvalue weighted by Crippen LogP contribution is 2.11. The minimum Gasteiger partial charge on any atom is -0.376 e. The van der Waals surface area contributed by atoms with Crippen molar-refractivity contribution in [2.24, 2.45) is 0 Å². The summed E-state index contributed by atoms with van der Waals surface area (Å²) in [5, 5.41) is 7.45. The molecule has 2 heterocycles. The van der Waals surface area contributed by atoms with Gasteiger partial charge in [-0.25, -0.2) is 0 Å². The molecule has 2 aliphatic heterocycles. The van der Waals surface area contributed by atoms with Crippen LogP contribution in [0.25, 0.3) is 0 Å². The number of hydrogen-bond donors (Lipinski definition) is 2. The Hall–Kier alpha value is -0.390. The first kappa shape index (κ1) is 13.1. The molecule has 0 spiro atoms. The second-order valence-corrected chi connectivity index (χ2v) is 5.48. The molecule has 0 unspecified atom stereocenters. The van der Waals surface area contributed by atoms with Crippen LogP contribution >= 0.6 is 12.2 Å². The zero-order chi connectivity index (χ0) is 12.1. The highest BCUT2D eigenvalue weighted by atomic mass is 32.1. The Morgan fingerprint density at radius 2 is 2.12 bits per heavy atom. The molecule has 0 aliphatic carbocycles. The first-order valence-electron chi connectivity index (χ1n) is 6.58. The molecule has 2 N–H and O–H groups in total. The van der Waals surface area contributed by atoms with Crippen molar-refractivity contribution in [1.29, 1.82) is 0 Å². The van der Waals surface area contributed by atoms with E-state index in [9.17, 15) is 0 Å². The monoisotopic (exact) mass is 257 g/mol. The van der Waals surface area contributed by atoms with Gasteiger partial charge in [0.15, 0.2) is 5.11 Å². The maximum Gasteiger partial charge on any atom is 0.166 e. The second kappa shape index (κ2) is 6.52. The minimum absolute atomic E-state index is 0.354. The second-order valence-electron chi connectivity index (χ2n) is 5.07. The van der Waals surface area contributed by atoms with Crippen molar-refractivity contribution in [3.05, 3.63) is 0 Å². The summed E-state index contributed by atoms with van der Waals surface area (Å²) in [5.74, 6) is 0. The lowest BCUT2D eigenvalue weighted by Gasteiger charge is -2.30. The van der Waals surface area contributed by atoms with E-state index >= 15 is 0 Å². The number of piperidine rings is 1. The zero-order valence-electron chi connectivity index (χ0n) is 10.6. The number of hydrogen-bond acceptors (Lipinski definition) is 3. The van der Waals surface area contributed by atoms with E-state index in [2.05, 4.69) is 22.6 Å². The SMILES string of the molecule is CN1CCC(NC(=S)NC[C@H]2CCCO2)CC1. The summed E-state index contributed by atoms with van der Waals surface area (Å²) in [6.45, 7) is 4.07. The average molecular weight is 257 g/mol. The summed E-state index contributed by atoms with van der Waals surface area (Å²) >= 11 is 5.31. The molecule has 1 atom stereocenters. The quantitative estimate of drug-likeness (QED) is 0.729. The van der Waals surface area contributed by atoms with E-state index in [0.717, 1.165) is 37.8 Å². The normalized spacial score (nSPS) is 27.0. The van der Waals surface area contributed by atoms with Crippen LogP contribution in [-0.4, -0.2) is 55.4 Å². The molecule has 2 rings (SSSR count). The van der Waals surface area contributed by atoms with Crippen LogP contribution in [-0.2, 0) is 4.74 Å². The Morgan fingerprint density at radius 1 is 1.35 bits per heavy atom. The van der Waals surface area contributed by atoms with Gasteiger partial charge in [-0.3, -0.25) is 0 Å². The first-order valence-corrected chi connectivity index (χ1v) is 6.99. The zero-order valence-corrected chi connectivity index (χ0v) is 11.4. The molecular weight excluding hydrogens is 234 g/mol. The molecule has 0 aromatic rings. The molecule has 4 nitrogen and oxygen atoms in total. The van der Waals surface area contributed by atoms with Crippen LogP contribution in [0.15, 0.2) is 0 Å². The van der Waals surface area contributed by atoms with Crippen molar-refractivity contribution < 1.29 is 4.74 Å². The molecule has 2 aliphatic rings. The topological polar surface area (TPSA) is 36.5 Å². The van der Waals surface area contributed by atoms with Gasteiger partial charge in [0.05, 0.1) is 6.10 Å². The Balaban J connectivity index is 1.60. The molecule has 0 bridgehead atoms. The number of rotatable bonds is 3. The van der Waals surface area contributed by atoms with Crippen molar-refractivity contribution in [3.8, 4) is 0 Å². The van der Waals surface area contributed by atoms with Crippen LogP contribution in [0.3, 0.4) is 0 Å². The molecule has 2 fully saturated rings. The summed E-state index contributed by atoms with van der Waals surface area (Å²) in [5.41, 5.74) is 0. The van der Waals surface area contributed by atoms with Gasteiger partial charge < -0.3 is 20.3 Å². The summed E-state index contributed by atoms with van der Waals surface area (Å²) in [6, 6.07) is 0.538. The standard InChI is InChI=1S/C12H23N3OS/c1-15-6-4-10(5-7-15)14-12(17)13-9-11-3-2-8-16-11/h10-11H,2-9H2,1H3,(H2,13,14,17)/t11-/m1/s1. The van der Waals surface area contributed by atoms with E-state index in [1.165, 1.54) is 19.3 Å². The molecule has 0 amide bonds. The molecule has 2 saturated heterocycles. The van der Waals surface area contributed by atoms with Crippen LogP contribution in [0, 0.1) is 0 Å². The largest absolute Gasteiger partial charge is 0.376 e. The fourth-order valence-electron chi connectivity index (χ4n) is 2.40. The Labute approximate surface area is 109 Å². The van der Waals surface area contributed by atoms with Crippen LogP contribution in [0.2, 0.25) is 0 Å². The summed E-state index contributed by atoms with van der Waals surface area (Å²) in [7, 11) is 2.17. The summed E-state index contributed by atoms with van der Waals surface area (Å²) < 4.78 is 5.55. The van der Waals surface area contributed by atoms with Crippen LogP contribution in [0.1, 0.15) is 25.7 Å². The number of nitrogens with zero attached hydrogens (tertiary/aromatic N) is 1. The molecule has 98 valence electrons. The smallest absolute Gasteiger partial charge is 0.166 e. The lowest BCUT2D eigenvalue weighted by atomic mass is 10.1. The van der Waals surface area contributed by atoms with E-state index in [1.54, 1.807) is 0 Å². The molecule has 0 aromatic heterocycles. The van der Waals surface area contributed by atoms with Crippen molar-refractivity contribution in [2.75, 3.05) is 33.3 Å². The van der Waals surface area contributed by atoms with Crippen LogP contribution in [0.5, 0.6) is 0 Å². The van der Waals surface area contributed by atoms with Gasteiger partial charge in [-0.15, -0.1) is 0 Å². The molecule has 0 radical (unpaired) electrons. The van der Waals surface area contributed by atoms with Gasteiger partial charge >= 0.3 is 0 Å². The van der Waals surface area contributed by atoms with Gasteiger partial charge in [0.2, 0.25) is 0 Å². The predicted octanol–water partition coefficient (Wildman–Crippen LogP) is 0.724. The van der Waals surface area contributed by atoms with E-state index in [1.807, 2.05) is 0 Å². The molecular formula is C12H23N3OS.